The van der Waals surface area contributed by atoms with Crippen LogP contribution in [0.4, 0.5) is 0 Å². The normalized spacial score (nSPS) is 19.9. The van der Waals surface area contributed by atoms with Crippen molar-refractivity contribution >= 4 is 17.7 Å². The van der Waals surface area contributed by atoms with E-state index in [1.54, 1.807) is 11.8 Å². The number of carbonyl (C=O) groups excluding carboxylic acids is 1. The second-order valence-corrected chi connectivity index (χ2v) is 6.55. The van der Waals surface area contributed by atoms with Crippen molar-refractivity contribution in [1.29, 1.82) is 0 Å². The minimum atomic E-state index is -0.548. The molecular weight excluding hydrogens is 276 g/mol. The smallest absolute Gasteiger partial charge is 0.322 e. The number of hydrogen-bond acceptors (Lipinski definition) is 6. The third-order valence-electron chi connectivity index (χ3n) is 3.71. The topological polar surface area (TPSA) is 83.0 Å². The molecule has 0 aromatic carbocycles. The Bertz CT molecular complexity index is 497. The number of carbonyl (C=O) groups is 1. The van der Waals surface area contributed by atoms with Crippen LogP contribution in [0.1, 0.15) is 49.9 Å². The van der Waals surface area contributed by atoms with Crippen LogP contribution >= 0.6 is 11.8 Å². The molecule has 0 bridgehead atoms. The first-order valence-corrected chi connectivity index (χ1v) is 8.10. The molecule has 6 nitrogen and oxygen atoms in total. The molecule has 2 saturated carbocycles. The zero-order valence-corrected chi connectivity index (χ0v) is 12.4. The molecule has 3 rings (SSSR count). The zero-order chi connectivity index (χ0) is 14.1. The largest absolute Gasteiger partial charge is 0.468 e. The molecule has 2 N–H and O–H groups in total. The number of esters is 1. The molecule has 0 spiro atoms. The number of rotatable bonds is 7. The molecule has 1 aromatic rings. The van der Waals surface area contributed by atoms with Crippen molar-refractivity contribution in [3.63, 3.8) is 0 Å². The summed E-state index contributed by atoms with van der Waals surface area (Å²) in [6, 6.07) is 0.0464. The van der Waals surface area contributed by atoms with E-state index >= 15 is 0 Å². The van der Waals surface area contributed by atoms with Crippen molar-refractivity contribution in [1.82, 2.24) is 14.8 Å². The van der Waals surface area contributed by atoms with Crippen LogP contribution in [0.3, 0.4) is 0 Å². The van der Waals surface area contributed by atoms with E-state index in [1.165, 1.54) is 32.8 Å². The van der Waals surface area contributed by atoms with Gasteiger partial charge in [-0.25, -0.2) is 0 Å². The van der Waals surface area contributed by atoms with E-state index in [2.05, 4.69) is 19.5 Å². The first kappa shape index (κ1) is 13.9. The summed E-state index contributed by atoms with van der Waals surface area (Å²) in [6.45, 7) is 0. The predicted molar refractivity (Wildman–Crippen MR) is 75.6 cm³/mol. The minimum absolute atomic E-state index is 0.354. The van der Waals surface area contributed by atoms with Crippen molar-refractivity contribution in [2.75, 3.05) is 12.9 Å². The molecule has 0 aliphatic heterocycles. The van der Waals surface area contributed by atoms with Crippen LogP contribution < -0.4 is 5.73 Å². The third kappa shape index (κ3) is 2.98. The van der Waals surface area contributed by atoms with Crippen molar-refractivity contribution in [3.8, 4) is 0 Å². The Morgan fingerprint density at radius 3 is 2.80 bits per heavy atom. The first-order valence-electron chi connectivity index (χ1n) is 7.11. The summed E-state index contributed by atoms with van der Waals surface area (Å²) in [5, 5.41) is 9.66. The lowest BCUT2D eigenvalue weighted by Crippen LogP contribution is -2.32. The highest BCUT2D eigenvalue weighted by Crippen LogP contribution is 2.45. The van der Waals surface area contributed by atoms with Gasteiger partial charge >= 0.3 is 5.97 Å². The van der Waals surface area contributed by atoms with Gasteiger partial charge in [0.25, 0.3) is 0 Å². The van der Waals surface area contributed by atoms with Crippen molar-refractivity contribution < 1.29 is 9.53 Å². The van der Waals surface area contributed by atoms with Crippen LogP contribution in [-0.4, -0.2) is 39.6 Å². The molecular formula is C13H20N4O2S. The van der Waals surface area contributed by atoms with E-state index in [9.17, 15) is 4.79 Å². The van der Waals surface area contributed by atoms with Gasteiger partial charge in [-0.2, -0.15) is 0 Å². The Morgan fingerprint density at radius 2 is 2.20 bits per heavy atom. The number of nitrogens with zero attached hydrogens (tertiary/aromatic N) is 3. The van der Waals surface area contributed by atoms with E-state index < -0.39 is 6.04 Å². The molecule has 1 atom stereocenters. The molecule has 2 fully saturated rings. The van der Waals surface area contributed by atoms with Gasteiger partial charge < -0.3 is 15.0 Å². The molecule has 7 heteroatoms. The summed E-state index contributed by atoms with van der Waals surface area (Å²) >= 11 is 1.64. The van der Waals surface area contributed by atoms with Gasteiger partial charge in [0.05, 0.1) is 7.11 Å². The van der Waals surface area contributed by atoms with E-state index in [1.807, 2.05) is 0 Å². The Kier molecular flexibility index (Phi) is 3.98. The predicted octanol–water partition coefficient (Wildman–Crippen LogP) is 1.47. The van der Waals surface area contributed by atoms with Gasteiger partial charge in [0.1, 0.15) is 11.9 Å². The molecule has 2 aliphatic rings. The average molecular weight is 296 g/mol. The fourth-order valence-electron chi connectivity index (χ4n) is 2.23. The van der Waals surface area contributed by atoms with Crippen LogP contribution in [0.15, 0.2) is 5.16 Å². The highest BCUT2D eigenvalue weighted by Gasteiger charge is 2.36. The van der Waals surface area contributed by atoms with Gasteiger partial charge in [0.15, 0.2) is 5.16 Å². The summed E-state index contributed by atoms with van der Waals surface area (Å²) in [5.41, 5.74) is 5.73. The number of ether oxygens (including phenoxy) is 1. The lowest BCUT2D eigenvalue weighted by molar-refractivity contribution is -0.142. The monoisotopic (exact) mass is 296 g/mol. The average Bonchev–Trinajstić information content (AvgIpc) is 3.36. The zero-order valence-electron chi connectivity index (χ0n) is 11.6. The summed E-state index contributed by atoms with van der Waals surface area (Å²) in [5.74, 6) is 2.18. The van der Waals surface area contributed by atoms with Crippen LogP contribution in [0.25, 0.3) is 0 Å². The molecule has 1 aromatic heterocycles. The number of thioether (sulfide) groups is 1. The lowest BCUT2D eigenvalue weighted by Gasteiger charge is -2.10. The molecule has 0 radical (unpaired) electrons. The first-order chi connectivity index (χ1) is 9.70. The van der Waals surface area contributed by atoms with Gasteiger partial charge in [-0.05, 0) is 32.1 Å². The Morgan fingerprint density at radius 1 is 1.45 bits per heavy atom. The number of nitrogens with two attached hydrogens (primary N) is 1. The number of hydrogen-bond donors (Lipinski definition) is 1. The van der Waals surface area contributed by atoms with Crippen LogP contribution in [0, 0.1) is 0 Å². The molecule has 20 heavy (non-hydrogen) atoms. The minimum Gasteiger partial charge on any atom is -0.468 e. The second kappa shape index (κ2) is 5.73. The second-order valence-electron chi connectivity index (χ2n) is 5.48. The maximum absolute atomic E-state index is 11.3. The molecule has 1 unspecified atom stereocenters. The van der Waals surface area contributed by atoms with Crippen LogP contribution in [0.2, 0.25) is 0 Å². The highest BCUT2D eigenvalue weighted by atomic mass is 32.2. The Balaban J connectivity index is 1.59. The summed E-state index contributed by atoms with van der Waals surface area (Å²) < 4.78 is 6.94. The van der Waals surface area contributed by atoms with Gasteiger partial charge in [0, 0.05) is 17.7 Å². The van der Waals surface area contributed by atoms with Crippen molar-refractivity contribution in [3.05, 3.63) is 5.82 Å². The van der Waals surface area contributed by atoms with Crippen LogP contribution in [-0.2, 0) is 9.53 Å². The van der Waals surface area contributed by atoms with E-state index in [0.29, 0.717) is 18.4 Å². The molecule has 2 aliphatic carbocycles. The quantitative estimate of drug-likeness (QED) is 0.606. The molecule has 110 valence electrons. The van der Waals surface area contributed by atoms with Crippen molar-refractivity contribution in [2.45, 2.75) is 55.3 Å². The summed E-state index contributed by atoms with van der Waals surface area (Å²) in [7, 11) is 1.36. The Labute approximate surface area is 122 Å². The molecule has 1 heterocycles. The molecule has 0 amide bonds. The molecule has 0 saturated heterocycles. The lowest BCUT2D eigenvalue weighted by atomic mass is 10.2. The summed E-state index contributed by atoms with van der Waals surface area (Å²) in [4.78, 5) is 11.3. The fraction of sp³-hybridized carbons (Fsp3) is 0.769. The Hall–Kier alpha value is -1.08. The standard InChI is InChI=1S/C13H20N4O2S/c1-19-12(18)10(14)6-7-20-13-16-15-11(8-2-3-8)17(13)9-4-5-9/h8-10H,2-7,14H2,1H3. The van der Waals surface area contributed by atoms with Gasteiger partial charge in [-0.3, -0.25) is 4.79 Å². The van der Waals surface area contributed by atoms with Gasteiger partial charge in [-0.15, -0.1) is 10.2 Å². The van der Waals surface area contributed by atoms with E-state index in [-0.39, 0.29) is 5.97 Å². The van der Waals surface area contributed by atoms with Gasteiger partial charge in [-0.1, -0.05) is 11.8 Å². The van der Waals surface area contributed by atoms with E-state index in [0.717, 1.165) is 16.7 Å². The highest BCUT2D eigenvalue weighted by molar-refractivity contribution is 7.99. The number of methoxy groups -OCH3 is 1. The van der Waals surface area contributed by atoms with Crippen LogP contribution in [0.5, 0.6) is 0 Å². The maximum atomic E-state index is 11.3. The number of aromatic nitrogens is 3. The summed E-state index contributed by atoms with van der Waals surface area (Å²) in [6.07, 6.45) is 5.53. The van der Waals surface area contributed by atoms with Crippen molar-refractivity contribution in [2.24, 2.45) is 5.73 Å². The van der Waals surface area contributed by atoms with Gasteiger partial charge in [0.2, 0.25) is 0 Å². The SMILES string of the molecule is COC(=O)C(N)CCSc1nnc(C2CC2)n1C1CC1. The van der Waals surface area contributed by atoms with E-state index in [4.69, 9.17) is 5.73 Å². The maximum Gasteiger partial charge on any atom is 0.322 e. The fourth-order valence-corrected chi connectivity index (χ4v) is 3.26. The third-order valence-corrected chi connectivity index (χ3v) is 4.69.